The molecule has 0 aliphatic carbocycles. The predicted octanol–water partition coefficient (Wildman–Crippen LogP) is 3.40. The molecule has 1 aromatic carbocycles. The van der Waals surface area contributed by atoms with E-state index in [9.17, 15) is 10.1 Å². The van der Waals surface area contributed by atoms with Crippen molar-refractivity contribution >= 4 is 11.7 Å². The van der Waals surface area contributed by atoms with Crippen LogP contribution in [0.15, 0.2) is 42.6 Å². The first-order valence-electron chi connectivity index (χ1n) is 10.1. The van der Waals surface area contributed by atoms with Crippen molar-refractivity contribution in [3.8, 4) is 22.9 Å². The topological polar surface area (TPSA) is 90.3 Å². The molecule has 1 saturated heterocycles. The largest absolute Gasteiger partial charge is 0.497 e. The minimum absolute atomic E-state index is 0.0823. The third kappa shape index (κ3) is 4.71. The van der Waals surface area contributed by atoms with Gasteiger partial charge in [-0.3, -0.25) is 10.1 Å². The number of anilines is 1. The SMILES string of the molecule is COc1ccc(-c2ccc(NCC(C)(C)NC3(C#N)CCCN3C(C)=O)nc2)cc1. The second-order valence-corrected chi connectivity index (χ2v) is 8.27. The Hall–Kier alpha value is -3.11. The van der Waals surface area contributed by atoms with Crippen LogP contribution in [0.2, 0.25) is 0 Å². The third-order valence-corrected chi connectivity index (χ3v) is 5.39. The van der Waals surface area contributed by atoms with Gasteiger partial charge in [-0.05, 0) is 56.5 Å². The van der Waals surface area contributed by atoms with Gasteiger partial charge in [-0.1, -0.05) is 12.1 Å². The van der Waals surface area contributed by atoms with E-state index in [1.807, 2.05) is 56.4 Å². The lowest BCUT2D eigenvalue weighted by Crippen LogP contribution is -2.63. The van der Waals surface area contributed by atoms with Crippen LogP contribution in [0.3, 0.4) is 0 Å². The van der Waals surface area contributed by atoms with Crippen LogP contribution in [-0.2, 0) is 4.79 Å². The van der Waals surface area contributed by atoms with Crippen LogP contribution in [0.4, 0.5) is 5.82 Å². The molecule has 0 saturated carbocycles. The van der Waals surface area contributed by atoms with Crippen LogP contribution in [0, 0.1) is 11.3 Å². The highest BCUT2D eigenvalue weighted by Crippen LogP contribution is 2.29. The van der Waals surface area contributed by atoms with Gasteiger partial charge in [0.25, 0.3) is 0 Å². The molecule has 2 N–H and O–H groups in total. The molecule has 1 aliphatic rings. The fourth-order valence-corrected chi connectivity index (χ4v) is 3.89. The van der Waals surface area contributed by atoms with Crippen LogP contribution in [0.25, 0.3) is 11.1 Å². The van der Waals surface area contributed by atoms with Crippen molar-refractivity contribution in [1.82, 2.24) is 15.2 Å². The lowest BCUT2D eigenvalue weighted by molar-refractivity contribution is -0.132. The molecule has 1 aliphatic heterocycles. The summed E-state index contributed by atoms with van der Waals surface area (Å²) in [5, 5.41) is 16.6. The molecule has 2 heterocycles. The van der Waals surface area contributed by atoms with Crippen molar-refractivity contribution in [2.75, 3.05) is 25.5 Å². The number of hydrogen-bond donors (Lipinski definition) is 2. The van der Waals surface area contributed by atoms with Crippen molar-refractivity contribution in [3.05, 3.63) is 42.6 Å². The number of nitriles is 1. The van der Waals surface area contributed by atoms with Gasteiger partial charge >= 0.3 is 0 Å². The van der Waals surface area contributed by atoms with Crippen LogP contribution in [0.1, 0.15) is 33.6 Å². The van der Waals surface area contributed by atoms with E-state index < -0.39 is 11.2 Å². The smallest absolute Gasteiger partial charge is 0.221 e. The van der Waals surface area contributed by atoms with Crippen LogP contribution < -0.4 is 15.4 Å². The normalized spacial score (nSPS) is 18.7. The molecule has 1 amide bonds. The van der Waals surface area contributed by atoms with Crippen molar-refractivity contribution in [3.63, 3.8) is 0 Å². The number of amides is 1. The number of aromatic nitrogens is 1. The van der Waals surface area contributed by atoms with Gasteiger partial charge < -0.3 is 15.0 Å². The maximum atomic E-state index is 12.0. The molecule has 1 aromatic heterocycles. The Morgan fingerprint density at radius 2 is 1.97 bits per heavy atom. The minimum Gasteiger partial charge on any atom is -0.497 e. The molecule has 158 valence electrons. The molecule has 0 spiro atoms. The fourth-order valence-electron chi connectivity index (χ4n) is 3.89. The Bertz CT molecular complexity index is 918. The Morgan fingerprint density at radius 3 is 2.53 bits per heavy atom. The lowest BCUT2D eigenvalue weighted by atomic mass is 9.99. The number of pyridine rings is 1. The van der Waals surface area contributed by atoms with E-state index in [4.69, 9.17) is 4.74 Å². The summed E-state index contributed by atoms with van der Waals surface area (Å²) in [5.74, 6) is 1.49. The average molecular weight is 408 g/mol. The Morgan fingerprint density at radius 1 is 1.27 bits per heavy atom. The molecule has 7 nitrogen and oxygen atoms in total. The quantitative estimate of drug-likeness (QED) is 0.731. The molecular formula is C23H29N5O2. The summed E-state index contributed by atoms with van der Waals surface area (Å²) in [6.07, 6.45) is 3.27. The number of likely N-dealkylation sites (tertiary alicyclic amines) is 1. The molecule has 2 aromatic rings. The zero-order valence-corrected chi connectivity index (χ0v) is 18.0. The summed E-state index contributed by atoms with van der Waals surface area (Å²) in [7, 11) is 1.65. The van der Waals surface area contributed by atoms with Gasteiger partial charge in [-0.25, -0.2) is 4.98 Å². The molecule has 3 rings (SSSR count). The molecular weight excluding hydrogens is 378 g/mol. The van der Waals surface area contributed by atoms with Crippen LogP contribution in [-0.4, -0.2) is 47.2 Å². The first-order valence-corrected chi connectivity index (χ1v) is 10.1. The van der Waals surface area contributed by atoms with E-state index in [-0.39, 0.29) is 5.91 Å². The second kappa shape index (κ2) is 8.72. The number of carbonyl (C=O) groups excluding carboxylic acids is 1. The summed E-state index contributed by atoms with van der Waals surface area (Å²) in [4.78, 5) is 18.1. The summed E-state index contributed by atoms with van der Waals surface area (Å²) in [6, 6.07) is 14.1. The highest BCUT2D eigenvalue weighted by molar-refractivity contribution is 5.75. The fraction of sp³-hybridized carbons (Fsp3) is 0.435. The number of hydrogen-bond acceptors (Lipinski definition) is 6. The Kier molecular flexibility index (Phi) is 6.28. The molecule has 1 unspecified atom stereocenters. The Labute approximate surface area is 178 Å². The van der Waals surface area contributed by atoms with E-state index in [1.54, 1.807) is 12.0 Å². The van der Waals surface area contributed by atoms with E-state index in [0.29, 0.717) is 19.5 Å². The van der Waals surface area contributed by atoms with Gasteiger partial charge in [0, 0.05) is 37.3 Å². The van der Waals surface area contributed by atoms with Crippen molar-refractivity contribution in [2.24, 2.45) is 0 Å². The van der Waals surface area contributed by atoms with Crippen molar-refractivity contribution < 1.29 is 9.53 Å². The van der Waals surface area contributed by atoms with Gasteiger partial charge in [-0.15, -0.1) is 0 Å². The van der Waals surface area contributed by atoms with Crippen molar-refractivity contribution in [1.29, 1.82) is 5.26 Å². The molecule has 1 fully saturated rings. The van der Waals surface area contributed by atoms with Gasteiger partial charge in [0.05, 0.1) is 7.11 Å². The highest BCUT2D eigenvalue weighted by Gasteiger charge is 2.45. The predicted molar refractivity (Wildman–Crippen MR) is 117 cm³/mol. The molecule has 0 bridgehead atoms. The number of nitrogens with zero attached hydrogens (tertiary/aromatic N) is 3. The minimum atomic E-state index is -0.956. The van der Waals surface area contributed by atoms with E-state index in [2.05, 4.69) is 21.7 Å². The maximum absolute atomic E-state index is 12.0. The number of methoxy groups -OCH3 is 1. The number of benzene rings is 1. The number of ether oxygens (including phenoxy) is 1. The van der Waals surface area contributed by atoms with Gasteiger partial charge in [0.2, 0.25) is 5.91 Å². The number of carbonyl (C=O) groups is 1. The monoisotopic (exact) mass is 407 g/mol. The molecule has 1 atom stereocenters. The lowest BCUT2D eigenvalue weighted by Gasteiger charge is -2.40. The summed E-state index contributed by atoms with van der Waals surface area (Å²) in [5.41, 5.74) is 0.706. The molecule has 0 radical (unpaired) electrons. The standard InChI is InChI=1S/C23H29N5O2/c1-17(29)28-13-5-12-23(28,15-24)27-22(2,3)16-26-21-11-8-19(14-25-21)18-6-9-20(30-4)10-7-18/h6-11,14,27H,5,12-13,16H2,1-4H3,(H,25,26). The van der Waals surface area contributed by atoms with E-state index >= 15 is 0 Å². The highest BCUT2D eigenvalue weighted by atomic mass is 16.5. The number of nitrogens with one attached hydrogen (secondary N) is 2. The second-order valence-electron chi connectivity index (χ2n) is 8.27. The first-order chi connectivity index (χ1) is 14.3. The van der Waals surface area contributed by atoms with E-state index in [1.165, 1.54) is 6.92 Å². The average Bonchev–Trinajstić information content (AvgIpc) is 3.16. The zero-order valence-electron chi connectivity index (χ0n) is 18.0. The van der Waals surface area contributed by atoms with Gasteiger partial charge in [-0.2, -0.15) is 5.26 Å². The summed E-state index contributed by atoms with van der Waals surface area (Å²) >= 11 is 0. The maximum Gasteiger partial charge on any atom is 0.221 e. The van der Waals surface area contributed by atoms with Crippen molar-refractivity contribution in [2.45, 2.75) is 44.8 Å². The zero-order chi connectivity index (χ0) is 21.8. The Balaban J connectivity index is 1.64. The molecule has 30 heavy (non-hydrogen) atoms. The van der Waals surface area contributed by atoms with Crippen LogP contribution >= 0.6 is 0 Å². The van der Waals surface area contributed by atoms with Gasteiger partial charge in [0.15, 0.2) is 5.66 Å². The number of rotatable bonds is 7. The van der Waals surface area contributed by atoms with Crippen LogP contribution in [0.5, 0.6) is 5.75 Å². The summed E-state index contributed by atoms with van der Waals surface area (Å²) < 4.78 is 5.20. The van der Waals surface area contributed by atoms with Gasteiger partial charge in [0.1, 0.15) is 17.6 Å². The molecule has 7 heteroatoms. The first kappa shape index (κ1) is 21.6. The van der Waals surface area contributed by atoms with E-state index in [0.717, 1.165) is 29.1 Å². The third-order valence-electron chi connectivity index (χ3n) is 5.39. The summed E-state index contributed by atoms with van der Waals surface area (Å²) in [6.45, 7) is 6.70.